The fraction of sp³-hybridized carbons (Fsp3) is 0.250. The van der Waals surface area contributed by atoms with Gasteiger partial charge in [0.25, 0.3) is 5.91 Å². The first-order valence-corrected chi connectivity index (χ1v) is 7.04. The average molecular weight is 304 g/mol. The highest BCUT2D eigenvalue weighted by molar-refractivity contribution is 6.31. The Morgan fingerprint density at radius 3 is 2.71 bits per heavy atom. The monoisotopic (exact) mass is 303 g/mol. The summed E-state index contributed by atoms with van der Waals surface area (Å²) in [5, 5.41) is 3.92. The second-order valence-electron chi connectivity index (χ2n) is 5.04. The van der Waals surface area contributed by atoms with Crippen molar-refractivity contribution in [2.75, 3.05) is 19.4 Å². The van der Waals surface area contributed by atoms with Crippen molar-refractivity contribution in [3.63, 3.8) is 0 Å². The Kier molecular flexibility index (Phi) is 4.81. The third-order valence-electron chi connectivity index (χ3n) is 3.17. The number of halogens is 1. The highest BCUT2D eigenvalue weighted by Gasteiger charge is 2.15. The van der Waals surface area contributed by atoms with Crippen molar-refractivity contribution in [3.05, 3.63) is 58.9 Å². The summed E-state index contributed by atoms with van der Waals surface area (Å²) in [7, 11) is 3.45. The maximum atomic E-state index is 12.2. The zero-order valence-electron chi connectivity index (χ0n) is 12.3. The number of carbonyl (C=O) groups is 1. The van der Waals surface area contributed by atoms with Crippen LogP contribution in [0.15, 0.2) is 42.7 Å². The molecule has 0 saturated heterocycles. The summed E-state index contributed by atoms with van der Waals surface area (Å²) in [5.41, 5.74) is 2.36. The summed E-state index contributed by atoms with van der Waals surface area (Å²) in [4.78, 5) is 17.9. The van der Waals surface area contributed by atoms with Gasteiger partial charge in [-0.25, -0.2) is 0 Å². The molecule has 0 aliphatic rings. The van der Waals surface area contributed by atoms with Crippen molar-refractivity contribution in [1.82, 2.24) is 9.88 Å². The first-order chi connectivity index (χ1) is 9.99. The molecule has 21 heavy (non-hydrogen) atoms. The fourth-order valence-electron chi connectivity index (χ4n) is 2.01. The molecular formula is C16H18ClN3O. The minimum atomic E-state index is -0.0625. The molecule has 1 aromatic heterocycles. The Morgan fingerprint density at radius 1 is 1.33 bits per heavy atom. The molecule has 4 nitrogen and oxygen atoms in total. The molecule has 0 saturated carbocycles. The Hall–Kier alpha value is -2.07. The number of hydrogen-bond acceptors (Lipinski definition) is 3. The molecule has 0 radical (unpaired) electrons. The normalized spacial score (nSPS) is 11.8. The van der Waals surface area contributed by atoms with Crippen LogP contribution in [0.5, 0.6) is 0 Å². The minimum absolute atomic E-state index is 0.0193. The van der Waals surface area contributed by atoms with E-state index in [9.17, 15) is 4.79 Å². The molecular weight excluding hydrogens is 286 g/mol. The number of aromatic nitrogens is 1. The van der Waals surface area contributed by atoms with E-state index in [1.807, 2.05) is 19.1 Å². The predicted molar refractivity (Wildman–Crippen MR) is 85.7 cm³/mol. The highest BCUT2D eigenvalue weighted by Crippen LogP contribution is 2.26. The quantitative estimate of drug-likeness (QED) is 0.938. The Bertz CT molecular complexity index is 629. The van der Waals surface area contributed by atoms with E-state index in [0.717, 1.165) is 11.3 Å². The first kappa shape index (κ1) is 15.3. The molecule has 0 fully saturated rings. The first-order valence-electron chi connectivity index (χ1n) is 6.66. The van der Waals surface area contributed by atoms with Gasteiger partial charge in [0.15, 0.2) is 0 Å². The van der Waals surface area contributed by atoms with Crippen LogP contribution in [-0.4, -0.2) is 29.9 Å². The number of nitrogens with zero attached hydrogens (tertiary/aromatic N) is 2. The topological polar surface area (TPSA) is 45.2 Å². The Balaban J connectivity index is 2.30. The van der Waals surface area contributed by atoms with Crippen molar-refractivity contribution in [2.24, 2.45) is 0 Å². The SMILES string of the molecule is CC(Nc1cc(Cl)ccc1C(=O)N(C)C)c1cccnc1. The molecule has 1 atom stereocenters. The molecule has 1 N–H and O–H groups in total. The highest BCUT2D eigenvalue weighted by atomic mass is 35.5. The molecule has 1 amide bonds. The van der Waals surface area contributed by atoms with Crippen LogP contribution in [0.3, 0.4) is 0 Å². The number of carbonyl (C=O) groups excluding carboxylic acids is 1. The van der Waals surface area contributed by atoms with Crippen LogP contribution >= 0.6 is 11.6 Å². The standard InChI is InChI=1S/C16H18ClN3O/c1-11(12-5-4-8-18-10-12)19-15-9-13(17)6-7-14(15)16(21)20(2)3/h4-11,19H,1-3H3. The summed E-state index contributed by atoms with van der Waals surface area (Å²) >= 11 is 6.05. The molecule has 5 heteroatoms. The molecule has 0 bridgehead atoms. The van der Waals surface area contributed by atoms with E-state index in [4.69, 9.17) is 11.6 Å². The van der Waals surface area contributed by atoms with Gasteiger partial charge in [-0.3, -0.25) is 9.78 Å². The van der Waals surface area contributed by atoms with Crippen molar-refractivity contribution < 1.29 is 4.79 Å². The summed E-state index contributed by atoms with van der Waals surface area (Å²) in [5.74, 6) is -0.0625. The van der Waals surface area contributed by atoms with E-state index < -0.39 is 0 Å². The van der Waals surface area contributed by atoms with Crippen molar-refractivity contribution >= 4 is 23.2 Å². The number of rotatable bonds is 4. The van der Waals surface area contributed by atoms with Gasteiger partial charge in [0.05, 0.1) is 11.6 Å². The van der Waals surface area contributed by atoms with Crippen molar-refractivity contribution in [1.29, 1.82) is 0 Å². The molecule has 2 aromatic rings. The lowest BCUT2D eigenvalue weighted by atomic mass is 10.1. The number of nitrogens with one attached hydrogen (secondary N) is 1. The van der Waals surface area contributed by atoms with Gasteiger partial charge in [-0.15, -0.1) is 0 Å². The van der Waals surface area contributed by atoms with Crippen LogP contribution in [0.2, 0.25) is 5.02 Å². The summed E-state index contributed by atoms with van der Waals surface area (Å²) in [6.45, 7) is 2.02. The van der Waals surface area contributed by atoms with Crippen LogP contribution in [0.25, 0.3) is 0 Å². The maximum absolute atomic E-state index is 12.2. The molecule has 0 aliphatic carbocycles. The summed E-state index contributed by atoms with van der Waals surface area (Å²) in [6.07, 6.45) is 3.53. The number of benzene rings is 1. The van der Waals surface area contributed by atoms with Gasteiger partial charge in [-0.1, -0.05) is 17.7 Å². The molecule has 0 spiro atoms. The molecule has 0 aliphatic heterocycles. The van der Waals surface area contributed by atoms with Gasteiger partial charge < -0.3 is 10.2 Å². The predicted octanol–water partition coefficient (Wildman–Crippen LogP) is 3.61. The fourth-order valence-corrected chi connectivity index (χ4v) is 2.18. The van der Waals surface area contributed by atoms with E-state index in [0.29, 0.717) is 10.6 Å². The molecule has 110 valence electrons. The average Bonchev–Trinajstić information content (AvgIpc) is 2.47. The maximum Gasteiger partial charge on any atom is 0.255 e. The van der Waals surface area contributed by atoms with Gasteiger partial charge in [0.1, 0.15) is 0 Å². The van der Waals surface area contributed by atoms with E-state index in [1.165, 1.54) is 0 Å². The van der Waals surface area contributed by atoms with Gasteiger partial charge in [0, 0.05) is 37.2 Å². The van der Waals surface area contributed by atoms with Crippen LogP contribution < -0.4 is 5.32 Å². The number of pyridine rings is 1. The van der Waals surface area contributed by atoms with Crippen LogP contribution in [-0.2, 0) is 0 Å². The van der Waals surface area contributed by atoms with Crippen molar-refractivity contribution in [2.45, 2.75) is 13.0 Å². The van der Waals surface area contributed by atoms with E-state index >= 15 is 0 Å². The van der Waals surface area contributed by atoms with Crippen LogP contribution in [0, 0.1) is 0 Å². The molecule has 1 aromatic carbocycles. The number of hydrogen-bond donors (Lipinski definition) is 1. The summed E-state index contributed by atoms with van der Waals surface area (Å²) in [6, 6.07) is 9.12. The van der Waals surface area contributed by atoms with Gasteiger partial charge in [0.2, 0.25) is 0 Å². The smallest absolute Gasteiger partial charge is 0.255 e. The lowest BCUT2D eigenvalue weighted by molar-refractivity contribution is 0.0828. The molecule has 1 heterocycles. The summed E-state index contributed by atoms with van der Waals surface area (Å²) < 4.78 is 0. The van der Waals surface area contributed by atoms with Crippen molar-refractivity contribution in [3.8, 4) is 0 Å². The van der Waals surface area contributed by atoms with Crippen LogP contribution in [0.1, 0.15) is 28.9 Å². The number of anilines is 1. The zero-order chi connectivity index (χ0) is 15.4. The second kappa shape index (κ2) is 6.59. The van der Waals surface area contributed by atoms with Gasteiger partial charge in [-0.05, 0) is 36.8 Å². The third kappa shape index (κ3) is 3.73. The van der Waals surface area contributed by atoms with E-state index in [-0.39, 0.29) is 11.9 Å². The Labute approximate surface area is 129 Å². The zero-order valence-corrected chi connectivity index (χ0v) is 13.1. The lowest BCUT2D eigenvalue weighted by Gasteiger charge is -2.20. The molecule has 1 unspecified atom stereocenters. The Morgan fingerprint density at radius 2 is 2.10 bits per heavy atom. The lowest BCUT2D eigenvalue weighted by Crippen LogP contribution is -2.23. The van der Waals surface area contributed by atoms with Gasteiger partial charge >= 0.3 is 0 Å². The minimum Gasteiger partial charge on any atom is -0.378 e. The van der Waals surface area contributed by atoms with Gasteiger partial charge in [-0.2, -0.15) is 0 Å². The van der Waals surface area contributed by atoms with E-state index in [2.05, 4.69) is 10.3 Å². The second-order valence-corrected chi connectivity index (χ2v) is 5.48. The van der Waals surface area contributed by atoms with Crippen LogP contribution in [0.4, 0.5) is 5.69 Å². The third-order valence-corrected chi connectivity index (χ3v) is 3.41. The number of amides is 1. The van der Waals surface area contributed by atoms with E-state index in [1.54, 1.807) is 49.6 Å². The largest absolute Gasteiger partial charge is 0.378 e. The molecule has 2 rings (SSSR count).